The first-order valence-corrected chi connectivity index (χ1v) is 9.00. The molecule has 134 valence electrons. The van der Waals surface area contributed by atoms with Crippen molar-refractivity contribution >= 4 is 29.2 Å². The molecule has 0 unspecified atom stereocenters. The van der Waals surface area contributed by atoms with Gasteiger partial charge < -0.3 is 4.90 Å². The van der Waals surface area contributed by atoms with E-state index in [9.17, 15) is 19.2 Å². The second kappa shape index (κ2) is 6.52. The van der Waals surface area contributed by atoms with Gasteiger partial charge in [-0.05, 0) is 31.4 Å². The van der Waals surface area contributed by atoms with Gasteiger partial charge in [-0.1, -0.05) is 24.3 Å². The number of allylic oxidation sites excluding steroid dienone is 2. The summed E-state index contributed by atoms with van der Waals surface area (Å²) in [6.45, 7) is 0.415. The van der Waals surface area contributed by atoms with Crippen molar-refractivity contribution in [3.8, 4) is 0 Å². The Kier molecular flexibility index (Phi) is 4.18. The molecular weight excluding hydrogens is 332 g/mol. The highest BCUT2D eigenvalue weighted by molar-refractivity contribution is 6.10. The lowest BCUT2D eigenvalue weighted by Crippen LogP contribution is -2.36. The molecule has 1 aliphatic carbocycles. The van der Waals surface area contributed by atoms with E-state index in [-0.39, 0.29) is 41.9 Å². The van der Waals surface area contributed by atoms with Crippen LogP contribution in [0.1, 0.15) is 36.0 Å². The van der Waals surface area contributed by atoms with Crippen molar-refractivity contribution in [2.45, 2.75) is 25.7 Å². The Morgan fingerprint density at radius 2 is 1.73 bits per heavy atom. The average molecular weight is 352 g/mol. The monoisotopic (exact) mass is 352 g/mol. The number of carbonyl (C=O) groups excluding carboxylic acids is 4. The summed E-state index contributed by atoms with van der Waals surface area (Å²) < 4.78 is 0. The zero-order valence-electron chi connectivity index (χ0n) is 14.4. The number of fused-ring (bicyclic) bond motifs is 1. The first-order chi connectivity index (χ1) is 12.6. The lowest BCUT2D eigenvalue weighted by Gasteiger charge is -2.17. The van der Waals surface area contributed by atoms with Gasteiger partial charge in [-0.2, -0.15) is 0 Å². The molecule has 6 nitrogen and oxygen atoms in total. The SMILES string of the molecule is O=C(CN1C(=O)[C@H]2CC=CC[C@H]2C1=O)c1cccc(N2CCCC2=O)c1. The molecule has 0 saturated carbocycles. The predicted molar refractivity (Wildman–Crippen MR) is 94.4 cm³/mol. The smallest absolute Gasteiger partial charge is 0.233 e. The Labute approximate surface area is 151 Å². The van der Waals surface area contributed by atoms with Crippen molar-refractivity contribution in [1.29, 1.82) is 0 Å². The van der Waals surface area contributed by atoms with Crippen LogP contribution >= 0.6 is 0 Å². The Morgan fingerprint density at radius 1 is 1.04 bits per heavy atom. The standard InChI is InChI=1S/C20H20N2O4/c23-17(12-22-19(25)15-7-1-2-8-16(15)20(22)26)13-5-3-6-14(11-13)21-10-4-9-18(21)24/h1-3,5-6,11,15-16H,4,7-10,12H2/t15-,16+. The molecule has 2 fully saturated rings. The van der Waals surface area contributed by atoms with Crippen LogP contribution in [0.15, 0.2) is 36.4 Å². The van der Waals surface area contributed by atoms with Crippen LogP contribution in [-0.2, 0) is 14.4 Å². The van der Waals surface area contributed by atoms with Crippen LogP contribution in [0.3, 0.4) is 0 Å². The summed E-state index contributed by atoms with van der Waals surface area (Å²) in [5, 5.41) is 0. The Bertz CT molecular complexity index is 803. The maximum absolute atomic E-state index is 12.7. The molecule has 0 aromatic heterocycles. The van der Waals surface area contributed by atoms with Crippen LogP contribution < -0.4 is 4.90 Å². The fourth-order valence-electron chi connectivity index (χ4n) is 4.03. The van der Waals surface area contributed by atoms with Gasteiger partial charge in [0.05, 0.1) is 18.4 Å². The number of hydrogen-bond donors (Lipinski definition) is 0. The quantitative estimate of drug-likeness (QED) is 0.472. The number of ketones is 1. The number of amides is 3. The molecule has 4 rings (SSSR count). The van der Waals surface area contributed by atoms with Gasteiger partial charge in [0.25, 0.3) is 0 Å². The summed E-state index contributed by atoms with van der Waals surface area (Å²) in [6, 6.07) is 6.86. The van der Waals surface area contributed by atoms with Crippen LogP contribution in [0.4, 0.5) is 5.69 Å². The fourth-order valence-corrected chi connectivity index (χ4v) is 4.03. The van der Waals surface area contributed by atoms with Crippen molar-refractivity contribution < 1.29 is 19.2 Å². The number of likely N-dealkylation sites (tertiary alicyclic amines) is 1. The fraction of sp³-hybridized carbons (Fsp3) is 0.400. The molecule has 0 N–H and O–H groups in total. The number of Topliss-reactive ketones (excluding diaryl/α,β-unsaturated/α-hetero) is 1. The van der Waals surface area contributed by atoms with Crippen molar-refractivity contribution in [2.24, 2.45) is 11.8 Å². The third kappa shape index (κ3) is 2.75. The largest absolute Gasteiger partial charge is 0.312 e. The summed E-state index contributed by atoms with van der Waals surface area (Å²) >= 11 is 0. The van der Waals surface area contributed by atoms with Crippen molar-refractivity contribution in [1.82, 2.24) is 4.90 Å². The van der Waals surface area contributed by atoms with Crippen LogP contribution in [-0.4, -0.2) is 41.5 Å². The minimum Gasteiger partial charge on any atom is -0.312 e. The van der Waals surface area contributed by atoms with Gasteiger partial charge in [-0.15, -0.1) is 0 Å². The van der Waals surface area contributed by atoms with E-state index in [0.717, 1.165) is 11.3 Å². The van der Waals surface area contributed by atoms with E-state index in [1.54, 1.807) is 29.2 Å². The zero-order valence-corrected chi connectivity index (χ0v) is 14.4. The number of nitrogens with zero attached hydrogens (tertiary/aromatic N) is 2. The third-order valence-corrected chi connectivity index (χ3v) is 5.45. The van der Waals surface area contributed by atoms with Gasteiger partial charge in [0.15, 0.2) is 5.78 Å². The molecule has 0 bridgehead atoms. The zero-order chi connectivity index (χ0) is 18.3. The molecule has 1 aromatic rings. The highest BCUT2D eigenvalue weighted by atomic mass is 16.2. The second-order valence-electron chi connectivity index (χ2n) is 7.04. The molecule has 2 heterocycles. The molecule has 2 atom stereocenters. The topological polar surface area (TPSA) is 74.8 Å². The number of benzene rings is 1. The van der Waals surface area contributed by atoms with Crippen LogP contribution in [0.5, 0.6) is 0 Å². The summed E-state index contributed by atoms with van der Waals surface area (Å²) in [5.41, 5.74) is 1.10. The van der Waals surface area contributed by atoms with E-state index < -0.39 is 0 Å². The van der Waals surface area contributed by atoms with Gasteiger partial charge in [0.1, 0.15) is 0 Å². The first kappa shape index (κ1) is 16.7. The highest BCUT2D eigenvalue weighted by Crippen LogP contribution is 2.35. The van der Waals surface area contributed by atoms with Gasteiger partial charge in [0, 0.05) is 24.2 Å². The lowest BCUT2D eigenvalue weighted by molar-refractivity contribution is -0.139. The number of anilines is 1. The number of carbonyl (C=O) groups is 4. The molecule has 3 aliphatic rings. The van der Waals surface area contributed by atoms with E-state index in [4.69, 9.17) is 0 Å². The first-order valence-electron chi connectivity index (χ1n) is 9.00. The molecule has 6 heteroatoms. The Morgan fingerprint density at radius 3 is 2.35 bits per heavy atom. The lowest BCUT2D eigenvalue weighted by atomic mass is 9.85. The predicted octanol–water partition coefficient (Wildman–Crippen LogP) is 1.95. The van der Waals surface area contributed by atoms with Crippen molar-refractivity contribution in [3.63, 3.8) is 0 Å². The number of imide groups is 1. The van der Waals surface area contributed by atoms with Gasteiger partial charge >= 0.3 is 0 Å². The number of rotatable bonds is 4. The molecule has 2 aliphatic heterocycles. The van der Waals surface area contributed by atoms with E-state index in [1.165, 1.54) is 0 Å². The molecule has 0 spiro atoms. The maximum atomic E-state index is 12.7. The van der Waals surface area contributed by atoms with Crippen LogP contribution in [0.25, 0.3) is 0 Å². The summed E-state index contributed by atoms with van der Waals surface area (Å²) in [4.78, 5) is 52.4. The molecular formula is C20H20N2O4. The Hall–Kier alpha value is -2.76. The normalized spacial score (nSPS) is 25.2. The molecule has 1 aromatic carbocycles. The third-order valence-electron chi connectivity index (χ3n) is 5.45. The van der Waals surface area contributed by atoms with Crippen LogP contribution in [0.2, 0.25) is 0 Å². The molecule has 26 heavy (non-hydrogen) atoms. The van der Waals surface area contributed by atoms with E-state index >= 15 is 0 Å². The average Bonchev–Trinajstić information content (AvgIpc) is 3.19. The summed E-state index contributed by atoms with van der Waals surface area (Å²) in [7, 11) is 0. The molecule has 0 radical (unpaired) electrons. The molecule has 3 amide bonds. The highest BCUT2D eigenvalue weighted by Gasteiger charge is 2.47. The minimum atomic E-state index is -0.325. The van der Waals surface area contributed by atoms with Gasteiger partial charge in [0.2, 0.25) is 17.7 Å². The number of hydrogen-bond acceptors (Lipinski definition) is 4. The minimum absolute atomic E-state index is 0.0519. The maximum Gasteiger partial charge on any atom is 0.233 e. The van der Waals surface area contributed by atoms with Gasteiger partial charge in [-0.3, -0.25) is 24.1 Å². The molecule has 2 saturated heterocycles. The van der Waals surface area contributed by atoms with Gasteiger partial charge in [-0.25, -0.2) is 0 Å². The second-order valence-corrected chi connectivity index (χ2v) is 7.04. The van der Waals surface area contributed by atoms with E-state index in [0.29, 0.717) is 37.1 Å². The summed E-state index contributed by atoms with van der Waals surface area (Å²) in [5.74, 6) is -1.38. The van der Waals surface area contributed by atoms with E-state index in [2.05, 4.69) is 0 Å². The van der Waals surface area contributed by atoms with Crippen molar-refractivity contribution in [3.05, 3.63) is 42.0 Å². The van der Waals surface area contributed by atoms with Crippen molar-refractivity contribution in [2.75, 3.05) is 18.0 Å². The Balaban J connectivity index is 1.51. The van der Waals surface area contributed by atoms with E-state index in [1.807, 2.05) is 12.2 Å². The van der Waals surface area contributed by atoms with Crippen LogP contribution in [0, 0.1) is 11.8 Å². The summed E-state index contributed by atoms with van der Waals surface area (Å²) in [6.07, 6.45) is 6.30.